The van der Waals surface area contributed by atoms with Crippen molar-refractivity contribution in [1.29, 1.82) is 0 Å². The third-order valence-corrected chi connectivity index (χ3v) is 5.27. The van der Waals surface area contributed by atoms with E-state index in [0.29, 0.717) is 19.0 Å². The van der Waals surface area contributed by atoms with Gasteiger partial charge in [-0.05, 0) is 42.5 Å². The summed E-state index contributed by atoms with van der Waals surface area (Å²) >= 11 is 1.75. The third-order valence-electron chi connectivity index (χ3n) is 4.34. The summed E-state index contributed by atoms with van der Waals surface area (Å²) in [5.74, 6) is 1.64. The van der Waals surface area contributed by atoms with Gasteiger partial charge >= 0.3 is 0 Å². The Balaban J connectivity index is 0.00000300. The minimum absolute atomic E-state index is 0. The SMILES string of the molecule is Cc1cccc(C(O)CN=C(NCCc2ccco2)NCCc2cccs2)c1.I. The van der Waals surface area contributed by atoms with Crippen LogP contribution in [0.5, 0.6) is 0 Å². The Bertz CT molecular complexity index is 809. The molecule has 29 heavy (non-hydrogen) atoms. The molecule has 0 saturated heterocycles. The number of benzene rings is 1. The Morgan fingerprint density at radius 2 is 1.93 bits per heavy atom. The van der Waals surface area contributed by atoms with Crippen molar-refractivity contribution in [1.82, 2.24) is 10.6 Å². The summed E-state index contributed by atoms with van der Waals surface area (Å²) in [5, 5.41) is 19.2. The molecule has 0 spiro atoms. The van der Waals surface area contributed by atoms with Crippen LogP contribution in [0, 0.1) is 6.92 Å². The number of halogens is 1. The molecule has 0 aliphatic carbocycles. The molecular weight excluding hydrogens is 497 g/mol. The van der Waals surface area contributed by atoms with Crippen LogP contribution < -0.4 is 10.6 Å². The maximum absolute atomic E-state index is 10.5. The Morgan fingerprint density at radius 3 is 2.62 bits per heavy atom. The molecule has 1 unspecified atom stereocenters. The summed E-state index contributed by atoms with van der Waals surface area (Å²) in [7, 11) is 0. The van der Waals surface area contributed by atoms with Gasteiger partial charge in [0, 0.05) is 24.4 Å². The lowest BCUT2D eigenvalue weighted by molar-refractivity contribution is 0.187. The van der Waals surface area contributed by atoms with Gasteiger partial charge in [0.2, 0.25) is 0 Å². The van der Waals surface area contributed by atoms with E-state index in [1.807, 2.05) is 43.3 Å². The standard InChI is InChI=1S/C22H27N3O2S.HI/c1-17-5-2-6-18(15-17)21(26)16-25-22(23-11-9-19-7-3-13-27-19)24-12-10-20-8-4-14-28-20;/h2-8,13-15,21,26H,9-12,16H2,1H3,(H2,23,24,25);1H. The van der Waals surface area contributed by atoms with Crippen molar-refractivity contribution in [2.24, 2.45) is 4.99 Å². The molecule has 0 fully saturated rings. The first-order valence-corrected chi connectivity index (χ1v) is 10.4. The maximum atomic E-state index is 10.5. The lowest BCUT2D eigenvalue weighted by atomic mass is 10.1. The van der Waals surface area contributed by atoms with Crippen molar-refractivity contribution in [3.8, 4) is 0 Å². The number of aliphatic imine (C=N–C) groups is 1. The van der Waals surface area contributed by atoms with Gasteiger partial charge in [-0.2, -0.15) is 0 Å². The Kier molecular flexibility index (Phi) is 10.2. The van der Waals surface area contributed by atoms with Crippen LogP contribution in [0.15, 0.2) is 69.6 Å². The van der Waals surface area contributed by atoms with E-state index in [9.17, 15) is 5.11 Å². The minimum Gasteiger partial charge on any atom is -0.469 e. The Hall–Kier alpha value is -1.84. The van der Waals surface area contributed by atoms with E-state index in [1.165, 1.54) is 4.88 Å². The van der Waals surface area contributed by atoms with Crippen LogP contribution in [0.4, 0.5) is 0 Å². The van der Waals surface area contributed by atoms with Crippen LogP contribution >= 0.6 is 35.3 Å². The average molecular weight is 525 g/mol. The van der Waals surface area contributed by atoms with Crippen LogP contribution in [0.2, 0.25) is 0 Å². The van der Waals surface area contributed by atoms with Gasteiger partial charge in [-0.3, -0.25) is 4.99 Å². The summed E-state index contributed by atoms with van der Waals surface area (Å²) in [6.45, 7) is 3.82. The van der Waals surface area contributed by atoms with Crippen molar-refractivity contribution in [3.63, 3.8) is 0 Å². The predicted molar refractivity (Wildman–Crippen MR) is 130 cm³/mol. The molecule has 0 bridgehead atoms. The number of nitrogens with zero attached hydrogens (tertiary/aromatic N) is 1. The largest absolute Gasteiger partial charge is 0.469 e. The van der Waals surface area contributed by atoms with Gasteiger partial charge in [0.15, 0.2) is 5.96 Å². The summed E-state index contributed by atoms with van der Waals surface area (Å²) < 4.78 is 5.37. The highest BCUT2D eigenvalue weighted by Crippen LogP contribution is 2.14. The number of nitrogens with one attached hydrogen (secondary N) is 2. The van der Waals surface area contributed by atoms with E-state index < -0.39 is 6.10 Å². The number of rotatable bonds is 9. The second kappa shape index (κ2) is 12.7. The minimum atomic E-state index is -0.624. The number of aryl methyl sites for hydroxylation is 1. The van der Waals surface area contributed by atoms with E-state index >= 15 is 0 Å². The van der Waals surface area contributed by atoms with Crippen LogP contribution in [0.25, 0.3) is 0 Å². The Labute approximate surface area is 193 Å². The fourth-order valence-electron chi connectivity index (χ4n) is 2.85. The van der Waals surface area contributed by atoms with Gasteiger partial charge in [0.1, 0.15) is 5.76 Å². The summed E-state index contributed by atoms with van der Waals surface area (Å²) in [4.78, 5) is 5.92. The zero-order chi connectivity index (χ0) is 19.6. The van der Waals surface area contributed by atoms with Crippen LogP contribution in [-0.4, -0.2) is 30.7 Å². The molecule has 7 heteroatoms. The van der Waals surface area contributed by atoms with Gasteiger partial charge in [0.05, 0.1) is 18.9 Å². The third kappa shape index (κ3) is 8.20. The van der Waals surface area contributed by atoms with Gasteiger partial charge in [0.25, 0.3) is 0 Å². The van der Waals surface area contributed by atoms with E-state index in [-0.39, 0.29) is 24.0 Å². The molecule has 0 aliphatic rings. The number of aliphatic hydroxyl groups excluding tert-OH is 1. The molecule has 5 nitrogen and oxygen atoms in total. The van der Waals surface area contributed by atoms with Crippen molar-refractivity contribution in [2.45, 2.75) is 25.9 Å². The summed E-state index contributed by atoms with van der Waals surface area (Å²) in [5.41, 5.74) is 2.02. The molecule has 3 rings (SSSR count). The first-order valence-electron chi connectivity index (χ1n) is 9.52. The van der Waals surface area contributed by atoms with E-state index in [2.05, 4.69) is 33.1 Å². The molecule has 1 atom stereocenters. The van der Waals surface area contributed by atoms with Crippen molar-refractivity contribution in [2.75, 3.05) is 19.6 Å². The molecule has 0 saturated carbocycles. The molecule has 3 N–H and O–H groups in total. The van der Waals surface area contributed by atoms with Gasteiger partial charge < -0.3 is 20.2 Å². The maximum Gasteiger partial charge on any atom is 0.191 e. The van der Waals surface area contributed by atoms with Gasteiger partial charge in [-0.1, -0.05) is 35.9 Å². The van der Waals surface area contributed by atoms with Gasteiger partial charge in [-0.15, -0.1) is 35.3 Å². The van der Waals surface area contributed by atoms with Crippen LogP contribution in [0.3, 0.4) is 0 Å². The van der Waals surface area contributed by atoms with E-state index in [1.54, 1.807) is 17.6 Å². The highest BCUT2D eigenvalue weighted by Gasteiger charge is 2.08. The van der Waals surface area contributed by atoms with Crippen molar-refractivity contribution < 1.29 is 9.52 Å². The second-order valence-electron chi connectivity index (χ2n) is 6.63. The topological polar surface area (TPSA) is 69.8 Å². The summed E-state index contributed by atoms with van der Waals surface area (Å²) in [6.07, 6.45) is 2.78. The monoisotopic (exact) mass is 525 g/mol. The normalized spacial score (nSPS) is 12.3. The number of thiophene rings is 1. The Morgan fingerprint density at radius 1 is 1.10 bits per heavy atom. The smallest absolute Gasteiger partial charge is 0.191 e. The van der Waals surface area contributed by atoms with Crippen LogP contribution in [-0.2, 0) is 12.8 Å². The number of hydrogen-bond donors (Lipinski definition) is 3. The molecular formula is C22H28IN3O2S. The fraction of sp³-hybridized carbons (Fsp3) is 0.318. The first-order chi connectivity index (χ1) is 13.7. The lowest BCUT2D eigenvalue weighted by Crippen LogP contribution is -2.39. The highest BCUT2D eigenvalue weighted by atomic mass is 127. The average Bonchev–Trinajstić information content (AvgIpc) is 3.39. The molecule has 0 aliphatic heterocycles. The van der Waals surface area contributed by atoms with E-state index in [4.69, 9.17) is 4.42 Å². The van der Waals surface area contributed by atoms with Crippen molar-refractivity contribution in [3.05, 3.63) is 81.9 Å². The molecule has 156 valence electrons. The number of hydrogen-bond acceptors (Lipinski definition) is 4. The first kappa shape index (κ1) is 23.4. The quantitative estimate of drug-likeness (QED) is 0.221. The van der Waals surface area contributed by atoms with Crippen LogP contribution in [0.1, 0.15) is 27.9 Å². The number of guanidine groups is 1. The zero-order valence-corrected chi connectivity index (χ0v) is 19.7. The number of furan rings is 1. The molecule has 0 amide bonds. The molecule has 2 heterocycles. The molecule has 2 aromatic heterocycles. The summed E-state index contributed by atoms with van der Waals surface area (Å²) in [6, 6.07) is 16.0. The fourth-order valence-corrected chi connectivity index (χ4v) is 3.56. The zero-order valence-electron chi connectivity index (χ0n) is 16.5. The molecule has 1 aromatic carbocycles. The second-order valence-corrected chi connectivity index (χ2v) is 7.66. The van der Waals surface area contributed by atoms with Gasteiger partial charge in [-0.25, -0.2) is 0 Å². The van der Waals surface area contributed by atoms with E-state index in [0.717, 1.165) is 36.3 Å². The molecule has 0 radical (unpaired) electrons. The number of aliphatic hydroxyl groups is 1. The lowest BCUT2D eigenvalue weighted by Gasteiger charge is -2.14. The molecule has 3 aromatic rings. The highest BCUT2D eigenvalue weighted by molar-refractivity contribution is 14.0. The predicted octanol–water partition coefficient (Wildman–Crippen LogP) is 4.32. The van der Waals surface area contributed by atoms with Crippen molar-refractivity contribution >= 4 is 41.3 Å².